The highest BCUT2D eigenvalue weighted by Gasteiger charge is 2.17. The zero-order valence-corrected chi connectivity index (χ0v) is 11.1. The summed E-state index contributed by atoms with van der Waals surface area (Å²) in [6.07, 6.45) is 0. The number of carbonyl (C=O) groups excluding carboxylic acids is 1. The molecule has 22 heavy (non-hydrogen) atoms. The quantitative estimate of drug-likeness (QED) is 0.889. The Hall–Kier alpha value is -2.96. The molecule has 0 spiro atoms. The lowest BCUT2D eigenvalue weighted by molar-refractivity contribution is -0.0493. The standard InChI is InChI=1S/C15H11F2NO4/c16-15(17)22-12-8-4-3-7-11(12)18-13(19)9-5-1-2-6-10(9)14(20)21/h1-8,15H,(H,18,19)(H,20,21). The van der Waals surface area contributed by atoms with E-state index in [0.29, 0.717) is 0 Å². The van der Waals surface area contributed by atoms with E-state index in [1.165, 1.54) is 48.5 Å². The van der Waals surface area contributed by atoms with E-state index in [2.05, 4.69) is 10.1 Å². The van der Waals surface area contributed by atoms with Gasteiger partial charge in [0.1, 0.15) is 5.75 Å². The average Bonchev–Trinajstić information content (AvgIpc) is 2.48. The summed E-state index contributed by atoms with van der Waals surface area (Å²) in [4.78, 5) is 23.2. The summed E-state index contributed by atoms with van der Waals surface area (Å²) in [6.45, 7) is -3.04. The SMILES string of the molecule is O=C(O)c1ccccc1C(=O)Nc1ccccc1OC(F)F. The molecule has 2 rings (SSSR count). The van der Waals surface area contributed by atoms with Crippen molar-refractivity contribution in [1.82, 2.24) is 0 Å². The topological polar surface area (TPSA) is 75.6 Å². The van der Waals surface area contributed by atoms with Crippen LogP contribution in [0.1, 0.15) is 20.7 Å². The van der Waals surface area contributed by atoms with Crippen LogP contribution in [0.4, 0.5) is 14.5 Å². The minimum Gasteiger partial charge on any atom is -0.478 e. The summed E-state index contributed by atoms with van der Waals surface area (Å²) in [7, 11) is 0. The number of amides is 1. The minimum absolute atomic E-state index is 0.0213. The van der Waals surface area contributed by atoms with Crippen molar-refractivity contribution in [3.63, 3.8) is 0 Å². The monoisotopic (exact) mass is 307 g/mol. The van der Waals surface area contributed by atoms with Gasteiger partial charge >= 0.3 is 12.6 Å². The summed E-state index contributed by atoms with van der Waals surface area (Å²) in [5.74, 6) is -2.20. The minimum atomic E-state index is -3.04. The smallest absolute Gasteiger partial charge is 0.387 e. The van der Waals surface area contributed by atoms with Crippen molar-refractivity contribution in [3.8, 4) is 5.75 Å². The van der Waals surface area contributed by atoms with Gasteiger partial charge in [0.2, 0.25) is 0 Å². The molecular weight excluding hydrogens is 296 g/mol. The maximum Gasteiger partial charge on any atom is 0.387 e. The Morgan fingerprint density at radius 3 is 2.23 bits per heavy atom. The van der Waals surface area contributed by atoms with Crippen molar-refractivity contribution in [2.75, 3.05) is 5.32 Å². The van der Waals surface area contributed by atoms with Crippen LogP contribution in [-0.4, -0.2) is 23.6 Å². The predicted octanol–water partition coefficient (Wildman–Crippen LogP) is 3.24. The van der Waals surface area contributed by atoms with Crippen molar-refractivity contribution >= 4 is 17.6 Å². The third-order valence-corrected chi connectivity index (χ3v) is 2.75. The molecular formula is C15H11F2NO4. The van der Waals surface area contributed by atoms with Gasteiger partial charge < -0.3 is 15.2 Å². The van der Waals surface area contributed by atoms with Gasteiger partial charge in [-0.1, -0.05) is 24.3 Å². The maximum absolute atomic E-state index is 12.3. The first-order valence-electron chi connectivity index (χ1n) is 6.16. The van der Waals surface area contributed by atoms with Crippen LogP contribution in [0.5, 0.6) is 5.75 Å². The molecule has 0 bridgehead atoms. The lowest BCUT2D eigenvalue weighted by Gasteiger charge is -2.12. The number of carboxylic acid groups (broad SMARTS) is 1. The fourth-order valence-electron chi connectivity index (χ4n) is 1.83. The Balaban J connectivity index is 2.29. The first kappa shape index (κ1) is 15.4. The maximum atomic E-state index is 12.3. The van der Waals surface area contributed by atoms with E-state index in [1.807, 2.05) is 0 Å². The van der Waals surface area contributed by atoms with Crippen LogP contribution >= 0.6 is 0 Å². The summed E-state index contributed by atoms with van der Waals surface area (Å²) in [5.41, 5.74) is -0.248. The van der Waals surface area contributed by atoms with E-state index in [-0.39, 0.29) is 22.6 Å². The molecule has 0 fully saturated rings. The second kappa shape index (κ2) is 6.66. The molecule has 0 aliphatic rings. The normalized spacial score (nSPS) is 10.3. The highest BCUT2D eigenvalue weighted by atomic mass is 19.3. The highest BCUT2D eigenvalue weighted by Crippen LogP contribution is 2.26. The predicted molar refractivity (Wildman–Crippen MR) is 74.4 cm³/mol. The Morgan fingerprint density at radius 2 is 1.59 bits per heavy atom. The first-order valence-corrected chi connectivity index (χ1v) is 6.16. The van der Waals surface area contributed by atoms with Crippen LogP contribution in [0.15, 0.2) is 48.5 Å². The van der Waals surface area contributed by atoms with E-state index in [1.54, 1.807) is 0 Å². The van der Waals surface area contributed by atoms with Crippen LogP contribution in [0.25, 0.3) is 0 Å². The van der Waals surface area contributed by atoms with Gasteiger partial charge in [-0.2, -0.15) is 8.78 Å². The van der Waals surface area contributed by atoms with Gasteiger partial charge in [0.15, 0.2) is 0 Å². The second-order valence-electron chi connectivity index (χ2n) is 4.18. The molecule has 2 N–H and O–H groups in total. The molecule has 0 radical (unpaired) electrons. The van der Waals surface area contributed by atoms with Gasteiger partial charge in [-0.3, -0.25) is 4.79 Å². The molecule has 2 aromatic carbocycles. The summed E-state index contributed by atoms with van der Waals surface area (Å²) < 4.78 is 28.9. The van der Waals surface area contributed by atoms with Crippen molar-refractivity contribution in [2.45, 2.75) is 6.61 Å². The highest BCUT2D eigenvalue weighted by molar-refractivity contribution is 6.11. The van der Waals surface area contributed by atoms with E-state index in [9.17, 15) is 18.4 Å². The molecule has 5 nitrogen and oxygen atoms in total. The van der Waals surface area contributed by atoms with Gasteiger partial charge in [-0.15, -0.1) is 0 Å². The number of alkyl halides is 2. The second-order valence-corrected chi connectivity index (χ2v) is 4.18. The number of benzene rings is 2. The number of nitrogens with one attached hydrogen (secondary N) is 1. The van der Waals surface area contributed by atoms with E-state index < -0.39 is 18.5 Å². The average molecular weight is 307 g/mol. The van der Waals surface area contributed by atoms with Crippen LogP contribution in [0.2, 0.25) is 0 Å². The molecule has 0 aliphatic carbocycles. The van der Waals surface area contributed by atoms with Crippen molar-refractivity contribution in [1.29, 1.82) is 0 Å². The third-order valence-electron chi connectivity index (χ3n) is 2.75. The number of ether oxygens (including phenoxy) is 1. The molecule has 0 atom stereocenters. The van der Waals surface area contributed by atoms with Crippen LogP contribution < -0.4 is 10.1 Å². The number of anilines is 1. The van der Waals surface area contributed by atoms with E-state index in [4.69, 9.17) is 5.11 Å². The number of para-hydroxylation sites is 2. The number of rotatable bonds is 5. The molecule has 0 aromatic heterocycles. The van der Waals surface area contributed by atoms with Crippen molar-refractivity contribution in [3.05, 3.63) is 59.7 Å². The van der Waals surface area contributed by atoms with Crippen LogP contribution in [0.3, 0.4) is 0 Å². The number of carboxylic acids is 1. The lowest BCUT2D eigenvalue weighted by Crippen LogP contribution is -2.17. The molecule has 0 saturated carbocycles. The van der Waals surface area contributed by atoms with Crippen LogP contribution in [0, 0.1) is 0 Å². The Labute approximate surface area is 124 Å². The van der Waals surface area contributed by atoms with Crippen molar-refractivity contribution < 1.29 is 28.2 Å². The number of carbonyl (C=O) groups is 2. The summed E-state index contributed by atoms with van der Waals surface area (Å²) >= 11 is 0. The zero-order chi connectivity index (χ0) is 16.1. The Bertz CT molecular complexity index is 703. The number of halogens is 2. The number of hydrogen-bond donors (Lipinski definition) is 2. The zero-order valence-electron chi connectivity index (χ0n) is 11.1. The van der Waals surface area contributed by atoms with Gasteiger partial charge in [0.05, 0.1) is 16.8 Å². The fourth-order valence-corrected chi connectivity index (χ4v) is 1.83. The van der Waals surface area contributed by atoms with Gasteiger partial charge in [0, 0.05) is 0 Å². The molecule has 0 heterocycles. The molecule has 2 aromatic rings. The Kier molecular flexibility index (Phi) is 4.67. The van der Waals surface area contributed by atoms with E-state index in [0.717, 1.165) is 0 Å². The molecule has 0 unspecified atom stereocenters. The molecule has 0 aliphatic heterocycles. The molecule has 114 valence electrons. The third kappa shape index (κ3) is 3.57. The largest absolute Gasteiger partial charge is 0.478 e. The summed E-state index contributed by atoms with van der Waals surface area (Å²) in [6, 6.07) is 11.2. The van der Waals surface area contributed by atoms with E-state index >= 15 is 0 Å². The lowest BCUT2D eigenvalue weighted by atomic mass is 10.1. The van der Waals surface area contributed by atoms with Gasteiger partial charge in [-0.05, 0) is 24.3 Å². The van der Waals surface area contributed by atoms with Gasteiger partial charge in [0.25, 0.3) is 5.91 Å². The number of aromatic carboxylic acids is 1. The summed E-state index contributed by atoms with van der Waals surface area (Å²) in [5, 5.41) is 11.4. The van der Waals surface area contributed by atoms with Crippen molar-refractivity contribution in [2.24, 2.45) is 0 Å². The Morgan fingerprint density at radius 1 is 1.00 bits per heavy atom. The molecule has 1 amide bonds. The molecule has 7 heteroatoms. The van der Waals surface area contributed by atoms with Crippen LogP contribution in [-0.2, 0) is 0 Å². The molecule has 0 saturated heterocycles. The first-order chi connectivity index (χ1) is 10.5. The fraction of sp³-hybridized carbons (Fsp3) is 0.0667. The van der Waals surface area contributed by atoms with Gasteiger partial charge in [-0.25, -0.2) is 4.79 Å². The number of hydrogen-bond acceptors (Lipinski definition) is 3.